The van der Waals surface area contributed by atoms with E-state index >= 15 is 0 Å². The highest BCUT2D eigenvalue weighted by atomic mass is 127. The zero-order valence-electron chi connectivity index (χ0n) is 18.7. The van der Waals surface area contributed by atoms with Crippen LogP contribution < -0.4 is 20.3 Å². The topological polar surface area (TPSA) is 52.1 Å². The van der Waals surface area contributed by atoms with E-state index in [-0.39, 0.29) is 24.0 Å². The quantitative estimate of drug-likeness (QED) is 0.234. The number of ether oxygens (including phenoxy) is 1. The standard InChI is InChI=1S/C23H39N5O.HI/c1-24-23(25-13-9-16-27-14-7-3-4-8-15-27)26-18-20-12-17-28(19-20)21-10-5-6-11-22(21)29-2;/h5-6,10-11,20H,3-4,7-9,12-19H2,1-2H3,(H2,24,25,26);1H. The van der Waals surface area contributed by atoms with E-state index < -0.39 is 0 Å². The molecule has 2 fully saturated rings. The van der Waals surface area contributed by atoms with Crippen molar-refractivity contribution in [3.8, 4) is 5.75 Å². The molecule has 6 nitrogen and oxygen atoms in total. The number of guanidine groups is 1. The van der Waals surface area contributed by atoms with Crippen LogP contribution in [0.1, 0.15) is 38.5 Å². The van der Waals surface area contributed by atoms with E-state index in [1.165, 1.54) is 63.8 Å². The van der Waals surface area contributed by atoms with Crippen LogP contribution in [0.4, 0.5) is 5.69 Å². The second-order valence-electron chi connectivity index (χ2n) is 8.26. The van der Waals surface area contributed by atoms with E-state index in [4.69, 9.17) is 4.74 Å². The molecule has 170 valence electrons. The third-order valence-corrected chi connectivity index (χ3v) is 6.14. The van der Waals surface area contributed by atoms with E-state index in [1.807, 2.05) is 19.2 Å². The summed E-state index contributed by atoms with van der Waals surface area (Å²) < 4.78 is 5.52. The van der Waals surface area contributed by atoms with E-state index in [1.54, 1.807) is 7.11 Å². The normalized spacial score (nSPS) is 20.4. The van der Waals surface area contributed by atoms with Crippen LogP contribution in [0.3, 0.4) is 0 Å². The smallest absolute Gasteiger partial charge is 0.190 e. The molecule has 2 aliphatic rings. The van der Waals surface area contributed by atoms with Crippen molar-refractivity contribution < 1.29 is 4.74 Å². The maximum Gasteiger partial charge on any atom is 0.190 e. The second kappa shape index (κ2) is 14.0. The summed E-state index contributed by atoms with van der Waals surface area (Å²) in [6.07, 6.45) is 7.90. The number of hydrogen-bond donors (Lipinski definition) is 2. The SMILES string of the molecule is CN=C(NCCCN1CCCCCC1)NCC1CCN(c2ccccc2OC)C1.I. The van der Waals surface area contributed by atoms with E-state index in [9.17, 15) is 0 Å². The Morgan fingerprint density at radius 3 is 2.60 bits per heavy atom. The van der Waals surface area contributed by atoms with Gasteiger partial charge in [0.15, 0.2) is 5.96 Å². The number of para-hydroxylation sites is 2. The molecule has 1 aromatic carbocycles. The van der Waals surface area contributed by atoms with Gasteiger partial charge in [0.05, 0.1) is 12.8 Å². The van der Waals surface area contributed by atoms with Crippen LogP contribution in [0.5, 0.6) is 5.75 Å². The molecule has 2 aliphatic heterocycles. The number of methoxy groups -OCH3 is 1. The van der Waals surface area contributed by atoms with E-state index in [0.717, 1.165) is 37.9 Å². The number of nitrogens with zero attached hydrogens (tertiary/aromatic N) is 3. The Balaban J connectivity index is 0.00000320. The third-order valence-electron chi connectivity index (χ3n) is 6.14. The Morgan fingerprint density at radius 2 is 1.87 bits per heavy atom. The number of benzene rings is 1. The van der Waals surface area contributed by atoms with Gasteiger partial charge in [-0.3, -0.25) is 4.99 Å². The average molecular weight is 530 g/mol. The van der Waals surface area contributed by atoms with Gasteiger partial charge in [-0.1, -0.05) is 25.0 Å². The van der Waals surface area contributed by atoms with Gasteiger partial charge in [-0.15, -0.1) is 24.0 Å². The van der Waals surface area contributed by atoms with Crippen LogP contribution >= 0.6 is 24.0 Å². The fourth-order valence-electron chi connectivity index (χ4n) is 4.44. The minimum absolute atomic E-state index is 0. The first-order valence-electron chi connectivity index (χ1n) is 11.3. The van der Waals surface area contributed by atoms with Gasteiger partial charge in [0.2, 0.25) is 0 Å². The van der Waals surface area contributed by atoms with Gasteiger partial charge in [0.1, 0.15) is 5.75 Å². The number of rotatable bonds is 8. The lowest BCUT2D eigenvalue weighted by Gasteiger charge is -2.22. The van der Waals surface area contributed by atoms with Crippen LogP contribution in [0, 0.1) is 5.92 Å². The predicted molar refractivity (Wildman–Crippen MR) is 138 cm³/mol. The van der Waals surface area contributed by atoms with Crippen molar-refractivity contribution in [1.82, 2.24) is 15.5 Å². The first kappa shape index (κ1) is 25.0. The zero-order valence-corrected chi connectivity index (χ0v) is 21.1. The Hall–Kier alpha value is -1.22. The Kier molecular flexibility index (Phi) is 11.7. The van der Waals surface area contributed by atoms with E-state index in [2.05, 4.69) is 37.6 Å². The zero-order chi connectivity index (χ0) is 20.3. The summed E-state index contributed by atoms with van der Waals surface area (Å²) in [7, 11) is 3.61. The summed E-state index contributed by atoms with van der Waals surface area (Å²) in [5.41, 5.74) is 1.20. The Labute approximate surface area is 199 Å². The third kappa shape index (κ3) is 7.80. The molecule has 1 aromatic rings. The lowest BCUT2D eigenvalue weighted by molar-refractivity contribution is 0.282. The highest BCUT2D eigenvalue weighted by Gasteiger charge is 2.24. The molecule has 0 spiro atoms. The van der Waals surface area contributed by atoms with Gasteiger partial charge in [-0.2, -0.15) is 0 Å². The van der Waals surface area contributed by atoms with Crippen LogP contribution in [-0.4, -0.2) is 70.8 Å². The van der Waals surface area contributed by atoms with Gasteiger partial charge in [0, 0.05) is 33.2 Å². The summed E-state index contributed by atoms with van der Waals surface area (Å²) in [5, 5.41) is 7.02. The van der Waals surface area contributed by atoms with Crippen LogP contribution in [-0.2, 0) is 0 Å². The van der Waals surface area contributed by atoms with Crippen molar-refractivity contribution >= 4 is 35.6 Å². The molecule has 2 N–H and O–H groups in total. The van der Waals surface area contributed by atoms with Crippen molar-refractivity contribution in [1.29, 1.82) is 0 Å². The summed E-state index contributed by atoms with van der Waals surface area (Å²) in [5.74, 6) is 2.51. The average Bonchev–Trinajstić information content (AvgIpc) is 3.08. The first-order valence-corrected chi connectivity index (χ1v) is 11.3. The van der Waals surface area contributed by atoms with Crippen molar-refractivity contribution in [2.75, 3.05) is 64.9 Å². The molecule has 1 unspecified atom stereocenters. The van der Waals surface area contributed by atoms with Crippen LogP contribution in [0.25, 0.3) is 0 Å². The van der Waals surface area contributed by atoms with Crippen molar-refractivity contribution in [3.63, 3.8) is 0 Å². The highest BCUT2D eigenvalue weighted by Crippen LogP contribution is 2.31. The second-order valence-corrected chi connectivity index (χ2v) is 8.26. The highest BCUT2D eigenvalue weighted by molar-refractivity contribution is 14.0. The van der Waals surface area contributed by atoms with Crippen molar-refractivity contribution in [3.05, 3.63) is 24.3 Å². The summed E-state index contributed by atoms with van der Waals surface area (Å²) in [6, 6.07) is 8.30. The maximum atomic E-state index is 5.52. The van der Waals surface area contributed by atoms with Crippen molar-refractivity contribution in [2.24, 2.45) is 10.9 Å². The molecular formula is C23H40IN5O. The monoisotopic (exact) mass is 529 g/mol. The molecule has 30 heavy (non-hydrogen) atoms. The fourth-order valence-corrected chi connectivity index (χ4v) is 4.44. The molecule has 0 aromatic heterocycles. The van der Waals surface area contributed by atoms with Gasteiger partial charge in [-0.25, -0.2) is 0 Å². The largest absolute Gasteiger partial charge is 0.495 e. The molecule has 1 atom stereocenters. The molecule has 0 saturated carbocycles. The number of hydrogen-bond acceptors (Lipinski definition) is 4. The summed E-state index contributed by atoms with van der Waals surface area (Å²) in [4.78, 5) is 9.45. The lowest BCUT2D eigenvalue weighted by Crippen LogP contribution is -2.41. The molecular weight excluding hydrogens is 489 g/mol. The maximum absolute atomic E-state index is 5.52. The van der Waals surface area contributed by atoms with Crippen molar-refractivity contribution in [2.45, 2.75) is 38.5 Å². The molecule has 3 rings (SSSR count). The molecule has 0 amide bonds. The number of halogens is 1. The molecule has 2 heterocycles. The molecule has 2 saturated heterocycles. The Bertz CT molecular complexity index is 634. The minimum atomic E-state index is 0. The first-order chi connectivity index (χ1) is 14.3. The minimum Gasteiger partial charge on any atom is -0.495 e. The summed E-state index contributed by atoms with van der Waals surface area (Å²) in [6.45, 7) is 7.81. The number of aliphatic imine (C=N–C) groups is 1. The number of nitrogens with one attached hydrogen (secondary N) is 2. The molecule has 0 bridgehead atoms. The van der Waals surface area contributed by atoms with Gasteiger partial charge in [-0.05, 0) is 63.4 Å². The van der Waals surface area contributed by atoms with E-state index in [0.29, 0.717) is 5.92 Å². The number of anilines is 1. The molecule has 0 radical (unpaired) electrons. The van der Waals surface area contributed by atoms with Crippen LogP contribution in [0.15, 0.2) is 29.3 Å². The van der Waals surface area contributed by atoms with Gasteiger partial charge >= 0.3 is 0 Å². The number of likely N-dealkylation sites (tertiary alicyclic amines) is 1. The molecule has 7 heteroatoms. The molecule has 0 aliphatic carbocycles. The predicted octanol–water partition coefficient (Wildman–Crippen LogP) is 3.57. The fraction of sp³-hybridized carbons (Fsp3) is 0.696. The lowest BCUT2D eigenvalue weighted by atomic mass is 10.1. The van der Waals surface area contributed by atoms with Crippen LogP contribution in [0.2, 0.25) is 0 Å². The van der Waals surface area contributed by atoms with Gasteiger partial charge < -0.3 is 25.2 Å². The van der Waals surface area contributed by atoms with Gasteiger partial charge in [0.25, 0.3) is 0 Å². The Morgan fingerprint density at radius 1 is 1.10 bits per heavy atom. The summed E-state index contributed by atoms with van der Waals surface area (Å²) >= 11 is 0.